The van der Waals surface area contributed by atoms with E-state index in [1.54, 1.807) is 0 Å². The Balaban J connectivity index is 1.82. The molecule has 0 aliphatic heterocycles. The van der Waals surface area contributed by atoms with Crippen molar-refractivity contribution in [2.75, 3.05) is 24.3 Å². The average molecular weight is 280 g/mol. The Hall–Kier alpha value is -2.29. The Kier molecular flexibility index (Phi) is 3.65. The minimum absolute atomic E-state index is 0.149. The average Bonchev–Trinajstić information content (AvgIpc) is 3.33. The topological polar surface area (TPSA) is 32.3 Å². The molecular formula is C18H20N2O. The van der Waals surface area contributed by atoms with Gasteiger partial charge in [-0.2, -0.15) is 0 Å². The number of nitrogens with one attached hydrogen (secondary N) is 1. The summed E-state index contributed by atoms with van der Waals surface area (Å²) in [6.45, 7) is 0. The summed E-state index contributed by atoms with van der Waals surface area (Å²) in [4.78, 5) is 13.9. The molecule has 1 aliphatic rings. The van der Waals surface area contributed by atoms with Crippen LogP contribution in [-0.4, -0.2) is 20.0 Å². The molecule has 0 saturated heterocycles. The monoisotopic (exact) mass is 280 g/mol. The number of carbonyl (C=O) groups excluding carboxylic acids is 1. The fourth-order valence-corrected chi connectivity index (χ4v) is 2.43. The van der Waals surface area contributed by atoms with Crippen LogP contribution in [0.25, 0.3) is 11.1 Å². The van der Waals surface area contributed by atoms with Crippen LogP contribution in [0.5, 0.6) is 0 Å². The minimum Gasteiger partial charge on any atom is -0.377 e. The standard InChI is InChI=1S/C18H20N2O/c1-20(2)17-6-4-3-5-16(17)13-9-11-15(12-10-13)19-18(21)14-7-8-14/h3-6,9-12,14H,7-8H2,1-2H3,(H,19,21). The van der Waals surface area contributed by atoms with Gasteiger partial charge in [0.1, 0.15) is 0 Å². The summed E-state index contributed by atoms with van der Waals surface area (Å²) in [5.74, 6) is 0.385. The summed E-state index contributed by atoms with van der Waals surface area (Å²) in [7, 11) is 4.09. The van der Waals surface area contributed by atoms with Crippen LogP contribution >= 0.6 is 0 Å². The fraction of sp³-hybridized carbons (Fsp3) is 0.278. The number of hydrogen-bond acceptors (Lipinski definition) is 2. The van der Waals surface area contributed by atoms with E-state index in [1.807, 2.05) is 38.4 Å². The number of para-hydroxylation sites is 1. The van der Waals surface area contributed by atoms with Crippen LogP contribution in [0.4, 0.5) is 11.4 Å². The summed E-state index contributed by atoms with van der Waals surface area (Å²) < 4.78 is 0. The van der Waals surface area contributed by atoms with Gasteiger partial charge in [-0.15, -0.1) is 0 Å². The van der Waals surface area contributed by atoms with Crippen molar-refractivity contribution in [2.24, 2.45) is 5.92 Å². The first-order chi connectivity index (χ1) is 10.1. The molecule has 0 atom stereocenters. The molecule has 3 nitrogen and oxygen atoms in total. The molecule has 108 valence electrons. The highest BCUT2D eigenvalue weighted by Crippen LogP contribution is 2.32. The molecule has 1 fully saturated rings. The second-order valence-corrected chi connectivity index (χ2v) is 5.75. The zero-order chi connectivity index (χ0) is 14.8. The van der Waals surface area contributed by atoms with E-state index in [-0.39, 0.29) is 11.8 Å². The summed E-state index contributed by atoms with van der Waals surface area (Å²) in [5, 5.41) is 2.97. The molecule has 2 aromatic carbocycles. The first kappa shape index (κ1) is 13.7. The molecule has 3 heteroatoms. The number of carbonyl (C=O) groups is 1. The second-order valence-electron chi connectivity index (χ2n) is 5.75. The third-order valence-electron chi connectivity index (χ3n) is 3.80. The predicted octanol–water partition coefficient (Wildman–Crippen LogP) is 3.77. The van der Waals surface area contributed by atoms with Crippen molar-refractivity contribution in [3.05, 3.63) is 48.5 Å². The van der Waals surface area contributed by atoms with Gasteiger partial charge < -0.3 is 10.2 Å². The molecule has 3 rings (SSSR count). The first-order valence-electron chi connectivity index (χ1n) is 7.33. The van der Waals surface area contributed by atoms with Crippen molar-refractivity contribution in [2.45, 2.75) is 12.8 Å². The Morgan fingerprint density at radius 2 is 1.71 bits per heavy atom. The number of nitrogens with zero attached hydrogens (tertiary/aromatic N) is 1. The van der Waals surface area contributed by atoms with Gasteiger partial charge in [-0.3, -0.25) is 4.79 Å². The molecule has 1 N–H and O–H groups in total. The number of benzene rings is 2. The van der Waals surface area contributed by atoms with Gasteiger partial charge in [0.25, 0.3) is 0 Å². The van der Waals surface area contributed by atoms with E-state index in [0.29, 0.717) is 0 Å². The highest BCUT2D eigenvalue weighted by atomic mass is 16.2. The van der Waals surface area contributed by atoms with Crippen LogP contribution in [0, 0.1) is 5.92 Å². The normalized spacial score (nSPS) is 13.8. The zero-order valence-corrected chi connectivity index (χ0v) is 12.5. The molecule has 0 unspecified atom stereocenters. The van der Waals surface area contributed by atoms with Crippen molar-refractivity contribution < 1.29 is 4.79 Å². The third kappa shape index (κ3) is 3.07. The maximum atomic E-state index is 11.8. The van der Waals surface area contributed by atoms with Crippen molar-refractivity contribution >= 4 is 17.3 Å². The number of hydrogen-bond donors (Lipinski definition) is 1. The largest absolute Gasteiger partial charge is 0.377 e. The molecule has 2 aromatic rings. The van der Waals surface area contributed by atoms with Gasteiger partial charge in [-0.25, -0.2) is 0 Å². The second kappa shape index (κ2) is 5.60. The molecule has 21 heavy (non-hydrogen) atoms. The maximum absolute atomic E-state index is 11.8. The van der Waals surface area contributed by atoms with Gasteiger partial charge in [0.05, 0.1) is 0 Å². The van der Waals surface area contributed by atoms with Gasteiger partial charge in [0.2, 0.25) is 5.91 Å². The van der Waals surface area contributed by atoms with Crippen LogP contribution in [-0.2, 0) is 4.79 Å². The highest BCUT2D eigenvalue weighted by molar-refractivity contribution is 5.94. The molecule has 0 heterocycles. The van der Waals surface area contributed by atoms with E-state index < -0.39 is 0 Å². The van der Waals surface area contributed by atoms with Gasteiger partial charge in [-0.1, -0.05) is 30.3 Å². The van der Waals surface area contributed by atoms with E-state index in [1.165, 1.54) is 11.3 Å². The number of amides is 1. The minimum atomic E-state index is 0.149. The van der Waals surface area contributed by atoms with E-state index in [9.17, 15) is 4.79 Å². The summed E-state index contributed by atoms with van der Waals surface area (Å²) in [6.07, 6.45) is 2.06. The summed E-state index contributed by atoms with van der Waals surface area (Å²) >= 11 is 0. The molecule has 0 spiro atoms. The molecule has 1 amide bonds. The first-order valence-corrected chi connectivity index (χ1v) is 7.33. The highest BCUT2D eigenvalue weighted by Gasteiger charge is 2.29. The molecule has 0 bridgehead atoms. The number of anilines is 2. The van der Waals surface area contributed by atoms with Gasteiger partial charge in [-0.05, 0) is 36.6 Å². The molecule has 1 aliphatic carbocycles. The van der Waals surface area contributed by atoms with Crippen LogP contribution in [0.15, 0.2) is 48.5 Å². The third-order valence-corrected chi connectivity index (χ3v) is 3.80. The van der Waals surface area contributed by atoms with E-state index in [2.05, 4.69) is 34.5 Å². The Labute approximate surface area is 125 Å². The molecule has 0 radical (unpaired) electrons. The summed E-state index contributed by atoms with van der Waals surface area (Å²) in [6, 6.07) is 16.4. The van der Waals surface area contributed by atoms with Crippen LogP contribution in [0.2, 0.25) is 0 Å². The van der Waals surface area contributed by atoms with Crippen molar-refractivity contribution in [1.82, 2.24) is 0 Å². The number of rotatable bonds is 4. The SMILES string of the molecule is CN(C)c1ccccc1-c1ccc(NC(=O)C2CC2)cc1. The van der Waals surface area contributed by atoms with Crippen molar-refractivity contribution in [3.8, 4) is 11.1 Å². The quantitative estimate of drug-likeness (QED) is 0.924. The molecular weight excluding hydrogens is 260 g/mol. The van der Waals surface area contributed by atoms with Crippen molar-refractivity contribution in [1.29, 1.82) is 0 Å². The van der Waals surface area contributed by atoms with E-state index in [4.69, 9.17) is 0 Å². The van der Waals surface area contributed by atoms with Crippen LogP contribution < -0.4 is 10.2 Å². The lowest BCUT2D eigenvalue weighted by atomic mass is 10.0. The predicted molar refractivity (Wildman–Crippen MR) is 87.6 cm³/mol. The Bertz CT molecular complexity index is 643. The lowest BCUT2D eigenvalue weighted by molar-refractivity contribution is -0.117. The van der Waals surface area contributed by atoms with Gasteiger partial charge in [0.15, 0.2) is 0 Å². The summed E-state index contributed by atoms with van der Waals surface area (Å²) in [5.41, 5.74) is 4.41. The van der Waals surface area contributed by atoms with E-state index >= 15 is 0 Å². The van der Waals surface area contributed by atoms with Crippen molar-refractivity contribution in [3.63, 3.8) is 0 Å². The van der Waals surface area contributed by atoms with Gasteiger partial charge in [0, 0.05) is 37.0 Å². The lowest BCUT2D eigenvalue weighted by Crippen LogP contribution is -2.13. The maximum Gasteiger partial charge on any atom is 0.227 e. The Morgan fingerprint density at radius 1 is 1.05 bits per heavy atom. The smallest absolute Gasteiger partial charge is 0.227 e. The fourth-order valence-electron chi connectivity index (χ4n) is 2.43. The molecule has 0 aromatic heterocycles. The Morgan fingerprint density at radius 3 is 2.33 bits per heavy atom. The van der Waals surface area contributed by atoms with Crippen LogP contribution in [0.3, 0.4) is 0 Å². The van der Waals surface area contributed by atoms with Crippen LogP contribution in [0.1, 0.15) is 12.8 Å². The zero-order valence-electron chi connectivity index (χ0n) is 12.5. The van der Waals surface area contributed by atoms with E-state index in [0.717, 1.165) is 24.1 Å². The lowest BCUT2D eigenvalue weighted by Gasteiger charge is -2.17. The van der Waals surface area contributed by atoms with Gasteiger partial charge >= 0.3 is 0 Å². The molecule has 1 saturated carbocycles.